The van der Waals surface area contributed by atoms with E-state index in [0.29, 0.717) is 4.34 Å². The Morgan fingerprint density at radius 3 is 3.00 bits per heavy atom. The van der Waals surface area contributed by atoms with Gasteiger partial charge >= 0.3 is 0 Å². The van der Waals surface area contributed by atoms with Gasteiger partial charge in [0.25, 0.3) is 0 Å². The second-order valence-electron chi connectivity index (χ2n) is 3.89. The molecule has 18 heavy (non-hydrogen) atoms. The van der Waals surface area contributed by atoms with Crippen LogP contribution in [0.25, 0.3) is 27.4 Å². The summed E-state index contributed by atoms with van der Waals surface area (Å²) in [6, 6.07) is 9.90. The fourth-order valence-electron chi connectivity index (χ4n) is 1.92. The van der Waals surface area contributed by atoms with Gasteiger partial charge in [-0.1, -0.05) is 29.5 Å². The molecule has 0 aliphatic carbocycles. The summed E-state index contributed by atoms with van der Waals surface area (Å²) in [5, 5.41) is 5.28. The van der Waals surface area contributed by atoms with Gasteiger partial charge in [-0.05, 0) is 12.1 Å². The topological polar surface area (TPSA) is 43.3 Å². The van der Waals surface area contributed by atoms with Gasteiger partial charge in [0.1, 0.15) is 11.3 Å². The van der Waals surface area contributed by atoms with E-state index in [0.717, 1.165) is 27.4 Å². The maximum Gasteiger partial charge on any atom is 0.213 e. The normalized spacial score (nSPS) is 11.6. The van der Waals surface area contributed by atoms with Gasteiger partial charge in [-0.3, -0.25) is 0 Å². The van der Waals surface area contributed by atoms with Crippen molar-refractivity contribution in [2.75, 3.05) is 0 Å². The van der Waals surface area contributed by atoms with E-state index < -0.39 is 0 Å². The molecule has 0 saturated carbocycles. The molecular formula is C12H7N3OS2. The van der Waals surface area contributed by atoms with Crippen LogP contribution < -0.4 is 0 Å². The molecule has 1 aromatic carbocycles. The summed E-state index contributed by atoms with van der Waals surface area (Å²) in [6.07, 6.45) is 1.85. The summed E-state index contributed by atoms with van der Waals surface area (Å²) in [5.41, 5.74) is 1.66. The van der Waals surface area contributed by atoms with E-state index in [1.165, 1.54) is 11.3 Å². The van der Waals surface area contributed by atoms with Crippen molar-refractivity contribution in [3.05, 3.63) is 36.5 Å². The molecule has 4 aromatic rings. The number of thiol groups is 1. The zero-order valence-electron chi connectivity index (χ0n) is 9.07. The highest BCUT2D eigenvalue weighted by Gasteiger charge is 2.12. The van der Waals surface area contributed by atoms with Gasteiger partial charge in [0, 0.05) is 5.39 Å². The standard InChI is InChI=1S/C12H7N3OS2/c17-12-14-15-6-8(13-11(15)18-12)10-5-7-3-1-2-4-9(7)16-10/h1-6H,(H,14,17). The predicted octanol–water partition coefficient (Wildman–Crippen LogP) is 3.49. The highest BCUT2D eigenvalue weighted by atomic mass is 32.2. The minimum atomic E-state index is 0.702. The van der Waals surface area contributed by atoms with Gasteiger partial charge < -0.3 is 4.42 Å². The SMILES string of the molecule is Sc1nn2cc(-c3cc4ccccc4o3)nc2s1. The van der Waals surface area contributed by atoms with Crippen LogP contribution in [-0.4, -0.2) is 14.6 Å². The molecular weight excluding hydrogens is 266 g/mol. The Balaban J connectivity index is 1.92. The number of fused-ring (bicyclic) bond motifs is 2. The molecule has 0 aliphatic heterocycles. The lowest BCUT2D eigenvalue weighted by molar-refractivity contribution is 0.629. The monoisotopic (exact) mass is 273 g/mol. The minimum Gasteiger partial charge on any atom is -0.454 e. The third kappa shape index (κ3) is 1.46. The number of furan rings is 1. The molecule has 3 aromatic heterocycles. The van der Waals surface area contributed by atoms with Crippen molar-refractivity contribution in [3.8, 4) is 11.5 Å². The third-order valence-electron chi connectivity index (χ3n) is 2.71. The molecule has 0 unspecified atom stereocenters. The summed E-state index contributed by atoms with van der Waals surface area (Å²) < 4.78 is 8.19. The Bertz CT molecular complexity index is 794. The van der Waals surface area contributed by atoms with E-state index in [-0.39, 0.29) is 0 Å². The average molecular weight is 273 g/mol. The first kappa shape index (κ1) is 10.2. The van der Waals surface area contributed by atoms with Crippen molar-refractivity contribution >= 4 is 39.9 Å². The average Bonchev–Trinajstić information content (AvgIpc) is 2.98. The summed E-state index contributed by atoms with van der Waals surface area (Å²) in [5.74, 6) is 0.759. The van der Waals surface area contributed by atoms with E-state index in [4.69, 9.17) is 4.42 Å². The zero-order valence-corrected chi connectivity index (χ0v) is 10.8. The van der Waals surface area contributed by atoms with Crippen LogP contribution in [0.15, 0.2) is 45.3 Å². The first-order valence-electron chi connectivity index (χ1n) is 5.34. The molecule has 4 nitrogen and oxygen atoms in total. The van der Waals surface area contributed by atoms with Crippen LogP contribution in [0, 0.1) is 0 Å². The van der Waals surface area contributed by atoms with Crippen molar-refractivity contribution in [2.45, 2.75) is 4.34 Å². The Kier molecular flexibility index (Phi) is 2.03. The van der Waals surface area contributed by atoms with Gasteiger partial charge in [0.2, 0.25) is 4.96 Å². The van der Waals surface area contributed by atoms with Crippen LogP contribution in [0.4, 0.5) is 0 Å². The highest BCUT2D eigenvalue weighted by Crippen LogP contribution is 2.28. The zero-order chi connectivity index (χ0) is 12.1. The van der Waals surface area contributed by atoms with Crippen LogP contribution in [0.3, 0.4) is 0 Å². The lowest BCUT2D eigenvalue weighted by Gasteiger charge is -1.86. The minimum absolute atomic E-state index is 0.702. The number of imidazole rings is 1. The summed E-state index contributed by atoms with van der Waals surface area (Å²) >= 11 is 5.63. The number of benzene rings is 1. The Morgan fingerprint density at radius 1 is 1.28 bits per heavy atom. The van der Waals surface area contributed by atoms with Crippen LogP contribution in [0.5, 0.6) is 0 Å². The fraction of sp³-hybridized carbons (Fsp3) is 0. The third-order valence-corrected chi connectivity index (χ3v) is 3.80. The van der Waals surface area contributed by atoms with Crippen LogP contribution in [0.1, 0.15) is 0 Å². The van der Waals surface area contributed by atoms with E-state index in [1.54, 1.807) is 4.52 Å². The van der Waals surface area contributed by atoms with E-state index in [9.17, 15) is 0 Å². The lowest BCUT2D eigenvalue weighted by Crippen LogP contribution is -1.77. The van der Waals surface area contributed by atoms with Crippen LogP contribution in [-0.2, 0) is 0 Å². The molecule has 4 rings (SSSR count). The van der Waals surface area contributed by atoms with Crippen molar-refractivity contribution in [1.82, 2.24) is 14.6 Å². The largest absolute Gasteiger partial charge is 0.454 e. The van der Waals surface area contributed by atoms with Crippen LogP contribution >= 0.6 is 24.0 Å². The molecule has 0 amide bonds. The molecule has 0 aliphatic rings. The fourth-order valence-corrected chi connectivity index (χ4v) is 2.88. The number of hydrogen-bond acceptors (Lipinski definition) is 5. The smallest absolute Gasteiger partial charge is 0.213 e. The number of aromatic nitrogens is 3. The molecule has 0 N–H and O–H groups in total. The first-order chi connectivity index (χ1) is 8.79. The van der Waals surface area contributed by atoms with Gasteiger partial charge in [0.15, 0.2) is 10.1 Å². The van der Waals surface area contributed by atoms with Crippen molar-refractivity contribution in [3.63, 3.8) is 0 Å². The summed E-state index contributed by atoms with van der Waals surface area (Å²) in [7, 11) is 0. The van der Waals surface area contributed by atoms with Crippen molar-refractivity contribution in [1.29, 1.82) is 0 Å². The molecule has 88 valence electrons. The van der Waals surface area contributed by atoms with Gasteiger partial charge in [-0.2, -0.15) is 0 Å². The Hall–Kier alpha value is -1.79. The molecule has 0 bridgehead atoms. The molecule has 0 atom stereocenters. The maximum atomic E-state index is 5.77. The predicted molar refractivity (Wildman–Crippen MR) is 73.3 cm³/mol. The number of rotatable bonds is 1. The Morgan fingerprint density at radius 2 is 2.17 bits per heavy atom. The second kappa shape index (κ2) is 3.60. The number of nitrogens with zero attached hydrogens (tertiary/aromatic N) is 3. The van der Waals surface area contributed by atoms with Crippen LogP contribution in [0.2, 0.25) is 0 Å². The molecule has 0 spiro atoms. The van der Waals surface area contributed by atoms with E-state index in [1.807, 2.05) is 36.5 Å². The van der Waals surface area contributed by atoms with Gasteiger partial charge in [0.05, 0.1) is 6.20 Å². The van der Waals surface area contributed by atoms with Crippen molar-refractivity contribution < 1.29 is 4.42 Å². The summed E-state index contributed by atoms with van der Waals surface area (Å²) in [6.45, 7) is 0. The number of para-hydroxylation sites is 1. The molecule has 0 saturated heterocycles. The maximum absolute atomic E-state index is 5.77. The molecule has 3 heterocycles. The van der Waals surface area contributed by atoms with E-state index >= 15 is 0 Å². The van der Waals surface area contributed by atoms with Crippen molar-refractivity contribution in [2.24, 2.45) is 0 Å². The second-order valence-corrected chi connectivity index (χ2v) is 5.57. The first-order valence-corrected chi connectivity index (χ1v) is 6.60. The van der Waals surface area contributed by atoms with E-state index in [2.05, 4.69) is 22.7 Å². The quantitative estimate of drug-likeness (QED) is 0.540. The molecule has 0 radical (unpaired) electrons. The molecule has 0 fully saturated rings. The highest BCUT2D eigenvalue weighted by molar-refractivity contribution is 7.82. The number of hydrogen-bond donors (Lipinski definition) is 1. The van der Waals surface area contributed by atoms with Gasteiger partial charge in [-0.15, -0.1) is 17.7 Å². The van der Waals surface area contributed by atoms with Gasteiger partial charge in [-0.25, -0.2) is 9.50 Å². The lowest BCUT2D eigenvalue weighted by atomic mass is 10.2. The Labute approximate surface area is 111 Å². The molecule has 6 heteroatoms. The summed E-state index contributed by atoms with van der Waals surface area (Å²) in [4.78, 5) is 5.29.